The maximum absolute atomic E-state index is 12.9. The summed E-state index contributed by atoms with van der Waals surface area (Å²) in [6.07, 6.45) is 0.0266. The molecule has 0 aliphatic carbocycles. The molecule has 3 aromatic rings. The summed E-state index contributed by atoms with van der Waals surface area (Å²) in [6.45, 7) is 11.7. The number of fused-ring (bicyclic) bond motifs is 1. The molecular formula is C30H40N6O7. The van der Waals surface area contributed by atoms with Crippen LogP contribution in [0.15, 0.2) is 29.1 Å². The van der Waals surface area contributed by atoms with Crippen molar-refractivity contribution in [3.8, 4) is 0 Å². The predicted octanol–water partition coefficient (Wildman–Crippen LogP) is 2.84. The van der Waals surface area contributed by atoms with E-state index in [0.717, 1.165) is 16.8 Å². The summed E-state index contributed by atoms with van der Waals surface area (Å²) >= 11 is 0. The first-order valence-corrected chi connectivity index (χ1v) is 14.2. The van der Waals surface area contributed by atoms with Crippen molar-refractivity contribution in [2.24, 2.45) is 5.41 Å². The summed E-state index contributed by atoms with van der Waals surface area (Å²) in [5, 5.41) is 9.00. The summed E-state index contributed by atoms with van der Waals surface area (Å²) in [4.78, 5) is 72.2. The van der Waals surface area contributed by atoms with E-state index in [1.807, 2.05) is 6.92 Å². The van der Waals surface area contributed by atoms with Gasteiger partial charge in [-0.05, 0) is 44.9 Å². The van der Waals surface area contributed by atoms with E-state index in [1.54, 1.807) is 58.9 Å². The number of hydrogen-bond donors (Lipinski definition) is 5. The number of benzene rings is 1. The standard InChI is InChI=1S/C30H40N6O7/c1-7-42-22(37)14-13-21(27(40)43-8-2)33-25(38)19-11-9-18(10-12-19)15-31-16-20-17(3)32-24-23(20)26(39)35-29(34-24)36-28(41)30(4,5)6/h9-12,21,31H,7-8,13-16H2,1-6H3,(H,33,38)(H3,32,34,35,36,39,41)/t21-/m0/s1. The second-order valence-corrected chi connectivity index (χ2v) is 11.0. The number of esters is 2. The molecule has 0 aliphatic heterocycles. The molecule has 2 heterocycles. The third-order valence-electron chi connectivity index (χ3n) is 6.56. The third-order valence-corrected chi connectivity index (χ3v) is 6.56. The highest BCUT2D eigenvalue weighted by molar-refractivity contribution is 5.97. The third kappa shape index (κ3) is 8.98. The van der Waals surface area contributed by atoms with Crippen LogP contribution in [-0.2, 0) is 36.9 Å². The lowest BCUT2D eigenvalue weighted by Gasteiger charge is -2.17. The van der Waals surface area contributed by atoms with Crippen LogP contribution < -0.4 is 21.5 Å². The number of rotatable bonds is 13. The molecule has 2 amide bonds. The van der Waals surface area contributed by atoms with Crippen molar-refractivity contribution in [3.05, 3.63) is 57.0 Å². The van der Waals surface area contributed by atoms with Crippen molar-refractivity contribution in [1.29, 1.82) is 0 Å². The van der Waals surface area contributed by atoms with Crippen molar-refractivity contribution in [2.75, 3.05) is 18.5 Å². The number of carbonyl (C=O) groups is 4. The summed E-state index contributed by atoms with van der Waals surface area (Å²) < 4.78 is 9.95. The molecule has 13 nitrogen and oxygen atoms in total. The highest BCUT2D eigenvalue weighted by Crippen LogP contribution is 2.20. The Morgan fingerprint density at radius 3 is 2.28 bits per heavy atom. The lowest BCUT2D eigenvalue weighted by molar-refractivity contribution is -0.146. The van der Waals surface area contributed by atoms with Crippen molar-refractivity contribution in [2.45, 2.75) is 73.5 Å². The topological polar surface area (TPSA) is 184 Å². The van der Waals surface area contributed by atoms with Crippen molar-refractivity contribution in [3.63, 3.8) is 0 Å². The van der Waals surface area contributed by atoms with Crippen LogP contribution in [0.25, 0.3) is 11.0 Å². The molecule has 0 saturated carbocycles. The Hall–Kier alpha value is -4.52. The molecule has 0 aliphatic rings. The molecule has 1 atom stereocenters. The van der Waals surface area contributed by atoms with Gasteiger partial charge < -0.3 is 25.1 Å². The number of amides is 2. The van der Waals surface area contributed by atoms with Crippen molar-refractivity contribution >= 4 is 40.7 Å². The minimum atomic E-state index is -0.985. The van der Waals surface area contributed by atoms with Crippen LogP contribution >= 0.6 is 0 Å². The molecule has 232 valence electrons. The zero-order valence-electron chi connectivity index (χ0n) is 25.4. The van der Waals surface area contributed by atoms with Crippen LogP contribution in [0.3, 0.4) is 0 Å². The largest absolute Gasteiger partial charge is 0.466 e. The molecule has 5 N–H and O–H groups in total. The van der Waals surface area contributed by atoms with Crippen LogP contribution in [0.5, 0.6) is 0 Å². The zero-order chi connectivity index (χ0) is 31.7. The number of aromatic nitrogens is 3. The number of nitrogens with one attached hydrogen (secondary N) is 5. The molecule has 1 aromatic carbocycles. The highest BCUT2D eigenvalue weighted by Gasteiger charge is 2.25. The highest BCUT2D eigenvalue weighted by atomic mass is 16.5. The van der Waals surface area contributed by atoms with E-state index >= 15 is 0 Å². The minimum absolute atomic E-state index is 0.0328. The van der Waals surface area contributed by atoms with Crippen LogP contribution in [-0.4, -0.2) is 58.0 Å². The number of carbonyl (C=O) groups excluding carboxylic acids is 4. The number of nitrogens with zero attached hydrogens (tertiary/aromatic N) is 1. The minimum Gasteiger partial charge on any atom is -0.466 e. The molecule has 3 rings (SSSR count). The Kier molecular flexibility index (Phi) is 11.2. The molecule has 0 spiro atoms. The van der Waals surface area contributed by atoms with Gasteiger partial charge in [0.25, 0.3) is 11.5 Å². The fraction of sp³-hybridized carbons (Fsp3) is 0.467. The van der Waals surface area contributed by atoms with Gasteiger partial charge in [-0.2, -0.15) is 4.98 Å². The average Bonchev–Trinajstić information content (AvgIpc) is 3.26. The van der Waals surface area contributed by atoms with Crippen LogP contribution in [0, 0.1) is 12.3 Å². The average molecular weight is 597 g/mol. The normalized spacial score (nSPS) is 12.0. The number of hydrogen-bond acceptors (Lipinski definition) is 9. The monoisotopic (exact) mass is 596 g/mol. The summed E-state index contributed by atoms with van der Waals surface area (Å²) in [6, 6.07) is 5.85. The number of H-pyrrole nitrogens is 2. The molecular weight excluding hydrogens is 556 g/mol. The summed E-state index contributed by atoms with van der Waals surface area (Å²) in [7, 11) is 0. The second-order valence-electron chi connectivity index (χ2n) is 11.0. The van der Waals surface area contributed by atoms with E-state index in [2.05, 4.69) is 30.9 Å². The molecule has 43 heavy (non-hydrogen) atoms. The number of aromatic amines is 2. The van der Waals surface area contributed by atoms with Crippen LogP contribution in [0.2, 0.25) is 0 Å². The van der Waals surface area contributed by atoms with E-state index in [4.69, 9.17) is 9.47 Å². The van der Waals surface area contributed by atoms with Gasteiger partial charge in [0.15, 0.2) is 0 Å². The smallest absolute Gasteiger partial charge is 0.328 e. The van der Waals surface area contributed by atoms with Gasteiger partial charge in [0.05, 0.1) is 18.6 Å². The summed E-state index contributed by atoms with van der Waals surface area (Å²) in [5.41, 5.74) is 2.11. The van der Waals surface area contributed by atoms with E-state index in [-0.39, 0.29) is 43.5 Å². The first kappa shape index (κ1) is 33.0. The van der Waals surface area contributed by atoms with Gasteiger partial charge in [-0.15, -0.1) is 0 Å². The van der Waals surface area contributed by atoms with E-state index in [0.29, 0.717) is 29.7 Å². The lowest BCUT2D eigenvalue weighted by Crippen LogP contribution is -2.42. The van der Waals surface area contributed by atoms with Gasteiger partial charge in [-0.25, -0.2) is 4.79 Å². The van der Waals surface area contributed by atoms with Crippen molar-refractivity contribution < 1.29 is 28.7 Å². The van der Waals surface area contributed by atoms with Gasteiger partial charge in [0, 0.05) is 41.7 Å². The predicted molar refractivity (Wildman–Crippen MR) is 160 cm³/mol. The Labute approximate surface area is 249 Å². The zero-order valence-corrected chi connectivity index (χ0v) is 25.4. The first-order valence-electron chi connectivity index (χ1n) is 14.2. The quantitative estimate of drug-likeness (QED) is 0.185. The van der Waals surface area contributed by atoms with Gasteiger partial charge in [-0.1, -0.05) is 32.9 Å². The molecule has 0 unspecified atom stereocenters. The van der Waals surface area contributed by atoms with Crippen LogP contribution in [0.1, 0.15) is 74.6 Å². The van der Waals surface area contributed by atoms with Gasteiger partial charge in [0.2, 0.25) is 11.9 Å². The Morgan fingerprint density at radius 1 is 0.977 bits per heavy atom. The number of aryl methyl sites for hydroxylation is 1. The molecule has 0 radical (unpaired) electrons. The fourth-order valence-corrected chi connectivity index (χ4v) is 4.19. The second kappa shape index (κ2) is 14.6. The number of anilines is 1. The van der Waals surface area contributed by atoms with Crippen molar-refractivity contribution in [1.82, 2.24) is 25.6 Å². The molecule has 0 saturated heterocycles. The van der Waals surface area contributed by atoms with E-state index in [1.165, 1.54) is 0 Å². The van der Waals surface area contributed by atoms with Crippen LogP contribution in [0.4, 0.5) is 5.95 Å². The lowest BCUT2D eigenvalue weighted by atomic mass is 9.96. The Balaban J connectivity index is 1.62. The van der Waals surface area contributed by atoms with Gasteiger partial charge in [0.1, 0.15) is 11.7 Å². The fourth-order valence-electron chi connectivity index (χ4n) is 4.19. The molecule has 13 heteroatoms. The maximum Gasteiger partial charge on any atom is 0.328 e. The van der Waals surface area contributed by atoms with E-state index in [9.17, 15) is 24.0 Å². The summed E-state index contributed by atoms with van der Waals surface area (Å²) in [5.74, 6) is -1.73. The maximum atomic E-state index is 12.9. The molecule has 0 bridgehead atoms. The number of ether oxygens (including phenoxy) is 2. The molecule has 0 fully saturated rings. The van der Waals surface area contributed by atoms with Gasteiger partial charge >= 0.3 is 11.9 Å². The SMILES string of the molecule is CCOC(=O)CC[C@H](NC(=O)c1ccc(CNCc2c(C)[nH]c3nc(NC(=O)C(C)(C)C)[nH]c(=O)c23)cc1)C(=O)OCC. The van der Waals surface area contributed by atoms with Gasteiger partial charge in [-0.3, -0.25) is 29.5 Å². The van der Waals surface area contributed by atoms with E-state index < -0.39 is 29.3 Å². The Bertz CT molecular complexity index is 1520. The first-order chi connectivity index (χ1) is 20.3. The molecule has 2 aromatic heterocycles. The Morgan fingerprint density at radius 2 is 1.65 bits per heavy atom.